The average Bonchev–Trinajstić information content (AvgIpc) is 2.93. The molecule has 0 aromatic heterocycles. The van der Waals surface area contributed by atoms with Gasteiger partial charge in [0, 0.05) is 24.2 Å². The quantitative estimate of drug-likeness (QED) is 0.910. The molecule has 0 bridgehead atoms. The lowest BCUT2D eigenvalue weighted by atomic mass is 9.97. The van der Waals surface area contributed by atoms with Crippen molar-refractivity contribution in [3.63, 3.8) is 0 Å². The van der Waals surface area contributed by atoms with Gasteiger partial charge in [0.25, 0.3) is 6.43 Å². The Morgan fingerprint density at radius 2 is 2.15 bits per heavy atom. The molecule has 0 aliphatic carbocycles. The number of benzene rings is 1. The molecular formula is C16H22F2N2. The highest BCUT2D eigenvalue weighted by Gasteiger charge is 2.31. The van der Waals surface area contributed by atoms with E-state index in [2.05, 4.69) is 10.2 Å². The van der Waals surface area contributed by atoms with Crippen molar-refractivity contribution in [1.29, 1.82) is 0 Å². The summed E-state index contributed by atoms with van der Waals surface area (Å²) in [5, 5.41) is 3.55. The molecule has 0 saturated carbocycles. The summed E-state index contributed by atoms with van der Waals surface area (Å²) in [5.41, 5.74) is 1.08. The monoisotopic (exact) mass is 280 g/mol. The van der Waals surface area contributed by atoms with Gasteiger partial charge in [0.2, 0.25) is 0 Å². The molecule has 1 aromatic carbocycles. The van der Waals surface area contributed by atoms with Crippen LogP contribution in [0.3, 0.4) is 0 Å². The molecule has 0 spiro atoms. The number of fused-ring (bicyclic) bond motifs is 1. The van der Waals surface area contributed by atoms with Crippen LogP contribution in [0.15, 0.2) is 24.3 Å². The van der Waals surface area contributed by atoms with Gasteiger partial charge in [-0.05, 0) is 50.4 Å². The van der Waals surface area contributed by atoms with Gasteiger partial charge in [0.15, 0.2) is 0 Å². The summed E-state index contributed by atoms with van der Waals surface area (Å²) in [4.78, 5) is 2.59. The Morgan fingerprint density at radius 1 is 1.25 bits per heavy atom. The number of nitrogens with zero attached hydrogens (tertiary/aromatic N) is 1. The van der Waals surface area contributed by atoms with Crippen LogP contribution < -0.4 is 5.32 Å². The van der Waals surface area contributed by atoms with E-state index >= 15 is 0 Å². The molecular weight excluding hydrogens is 258 g/mol. The van der Waals surface area contributed by atoms with Gasteiger partial charge >= 0.3 is 0 Å². The van der Waals surface area contributed by atoms with Crippen LogP contribution in [0.2, 0.25) is 0 Å². The molecule has 0 amide bonds. The minimum atomic E-state index is -2.38. The second kappa shape index (κ2) is 6.19. The largest absolute Gasteiger partial charge is 0.310 e. The summed E-state index contributed by atoms with van der Waals surface area (Å²) in [7, 11) is 0. The van der Waals surface area contributed by atoms with Crippen LogP contribution in [-0.2, 0) is 6.54 Å². The Bertz CT molecular complexity index is 450. The number of alkyl halides is 2. The maximum Gasteiger partial charge on any atom is 0.263 e. The van der Waals surface area contributed by atoms with Crippen LogP contribution >= 0.6 is 0 Å². The molecule has 20 heavy (non-hydrogen) atoms. The average molecular weight is 280 g/mol. The summed E-state index contributed by atoms with van der Waals surface area (Å²) < 4.78 is 25.3. The van der Waals surface area contributed by atoms with E-state index < -0.39 is 6.43 Å². The van der Waals surface area contributed by atoms with Crippen molar-refractivity contribution in [1.82, 2.24) is 10.2 Å². The van der Waals surface area contributed by atoms with E-state index in [1.54, 1.807) is 12.1 Å². The van der Waals surface area contributed by atoms with Gasteiger partial charge in [0.1, 0.15) is 0 Å². The molecule has 2 aliphatic heterocycles. The third kappa shape index (κ3) is 3.18. The number of hydrogen-bond acceptors (Lipinski definition) is 2. The molecule has 2 atom stereocenters. The van der Waals surface area contributed by atoms with Crippen molar-refractivity contribution in [3.8, 4) is 0 Å². The van der Waals surface area contributed by atoms with Crippen molar-refractivity contribution in [2.75, 3.05) is 13.1 Å². The maximum atomic E-state index is 12.7. The fourth-order valence-electron chi connectivity index (χ4n) is 3.51. The summed E-state index contributed by atoms with van der Waals surface area (Å²) in [5.74, 6) is 0. The first kappa shape index (κ1) is 14.0. The molecule has 2 nitrogen and oxygen atoms in total. The minimum Gasteiger partial charge on any atom is -0.310 e. The smallest absolute Gasteiger partial charge is 0.263 e. The van der Waals surface area contributed by atoms with Gasteiger partial charge in [0.05, 0.1) is 0 Å². The highest BCUT2D eigenvalue weighted by atomic mass is 19.3. The molecule has 110 valence electrons. The van der Waals surface area contributed by atoms with Crippen molar-refractivity contribution in [2.45, 2.75) is 50.7 Å². The summed E-state index contributed by atoms with van der Waals surface area (Å²) in [6, 6.07) is 8.02. The van der Waals surface area contributed by atoms with Crippen molar-refractivity contribution < 1.29 is 8.78 Å². The predicted molar refractivity (Wildman–Crippen MR) is 75.9 cm³/mol. The molecule has 1 N–H and O–H groups in total. The van der Waals surface area contributed by atoms with Crippen LogP contribution in [0.4, 0.5) is 8.78 Å². The third-order valence-electron chi connectivity index (χ3n) is 4.62. The van der Waals surface area contributed by atoms with Gasteiger partial charge in [-0.3, -0.25) is 0 Å². The first-order chi connectivity index (χ1) is 9.72. The normalized spacial score (nSPS) is 26.9. The van der Waals surface area contributed by atoms with E-state index in [0.717, 1.165) is 11.6 Å². The first-order valence-electron chi connectivity index (χ1n) is 7.57. The fraction of sp³-hybridized carbons (Fsp3) is 0.625. The van der Waals surface area contributed by atoms with Crippen LogP contribution in [0, 0.1) is 0 Å². The van der Waals surface area contributed by atoms with E-state index in [1.165, 1.54) is 44.8 Å². The standard InChI is InChI=1S/C16H22F2N2/c17-16(18)13-4-1-3-12(9-13)11-19-14-6-8-20-7-2-5-15(20)10-14/h1,3-4,9,14-16,19H,2,5-8,10-11H2. The highest BCUT2D eigenvalue weighted by molar-refractivity contribution is 5.24. The maximum absolute atomic E-state index is 12.7. The van der Waals surface area contributed by atoms with Gasteiger partial charge in [-0.25, -0.2) is 8.78 Å². The van der Waals surface area contributed by atoms with Crippen LogP contribution in [0.1, 0.15) is 43.2 Å². The molecule has 0 radical (unpaired) electrons. The van der Waals surface area contributed by atoms with E-state index in [-0.39, 0.29) is 5.56 Å². The van der Waals surface area contributed by atoms with E-state index in [0.29, 0.717) is 12.6 Å². The molecule has 1 aromatic rings. The first-order valence-corrected chi connectivity index (χ1v) is 7.57. The van der Waals surface area contributed by atoms with Gasteiger partial charge < -0.3 is 10.2 Å². The van der Waals surface area contributed by atoms with E-state index in [1.807, 2.05) is 6.07 Å². The molecule has 2 aliphatic rings. The van der Waals surface area contributed by atoms with Crippen LogP contribution in [0.5, 0.6) is 0 Å². The lowest BCUT2D eigenvalue weighted by Gasteiger charge is -2.35. The topological polar surface area (TPSA) is 15.3 Å². The van der Waals surface area contributed by atoms with Crippen molar-refractivity contribution >= 4 is 0 Å². The minimum absolute atomic E-state index is 0.120. The van der Waals surface area contributed by atoms with Crippen LogP contribution in [0.25, 0.3) is 0 Å². The van der Waals surface area contributed by atoms with Gasteiger partial charge in [-0.1, -0.05) is 18.2 Å². The second-order valence-electron chi connectivity index (χ2n) is 5.98. The van der Waals surface area contributed by atoms with Gasteiger partial charge in [-0.2, -0.15) is 0 Å². The summed E-state index contributed by atoms with van der Waals surface area (Å²) in [6.45, 7) is 3.13. The lowest BCUT2D eigenvalue weighted by Crippen LogP contribution is -2.45. The lowest BCUT2D eigenvalue weighted by molar-refractivity contribution is 0.151. The van der Waals surface area contributed by atoms with E-state index in [4.69, 9.17) is 0 Å². The predicted octanol–water partition coefficient (Wildman–Crippen LogP) is 3.34. The summed E-state index contributed by atoms with van der Waals surface area (Å²) in [6.07, 6.45) is 2.64. The Balaban J connectivity index is 1.53. The fourth-order valence-corrected chi connectivity index (χ4v) is 3.51. The Kier molecular flexibility index (Phi) is 4.32. The number of rotatable bonds is 4. The summed E-state index contributed by atoms with van der Waals surface area (Å²) >= 11 is 0. The molecule has 2 fully saturated rings. The SMILES string of the molecule is FC(F)c1cccc(CNC2CCN3CCCC3C2)c1. The second-order valence-corrected chi connectivity index (χ2v) is 5.98. The van der Waals surface area contributed by atoms with E-state index in [9.17, 15) is 8.78 Å². The van der Waals surface area contributed by atoms with Crippen LogP contribution in [-0.4, -0.2) is 30.1 Å². The number of halogens is 2. The zero-order valence-electron chi connectivity index (χ0n) is 11.7. The Labute approximate surface area is 119 Å². The zero-order valence-corrected chi connectivity index (χ0v) is 11.7. The number of piperidine rings is 1. The highest BCUT2D eigenvalue weighted by Crippen LogP contribution is 2.27. The molecule has 2 unspecified atom stereocenters. The zero-order chi connectivity index (χ0) is 13.9. The van der Waals surface area contributed by atoms with Crippen molar-refractivity contribution in [2.24, 2.45) is 0 Å². The van der Waals surface area contributed by atoms with Crippen molar-refractivity contribution in [3.05, 3.63) is 35.4 Å². The molecule has 3 rings (SSSR count). The third-order valence-corrected chi connectivity index (χ3v) is 4.62. The molecule has 2 heterocycles. The van der Waals surface area contributed by atoms with Gasteiger partial charge in [-0.15, -0.1) is 0 Å². The number of nitrogens with one attached hydrogen (secondary N) is 1. The Hall–Kier alpha value is -1.00. The Morgan fingerprint density at radius 3 is 3.00 bits per heavy atom. The molecule has 4 heteroatoms. The number of hydrogen-bond donors (Lipinski definition) is 1. The molecule has 2 saturated heterocycles.